The summed E-state index contributed by atoms with van der Waals surface area (Å²) in [5.74, 6) is -0.0782. The largest absolute Gasteiger partial charge is 0.388 e. The van der Waals surface area contributed by atoms with Crippen LogP contribution in [0.15, 0.2) is 59.6 Å². The average molecular weight is 292 g/mol. The summed E-state index contributed by atoms with van der Waals surface area (Å²) < 4.78 is 0.863. The number of anilines is 1. The normalized spacial score (nSPS) is 10.8. The summed E-state index contributed by atoms with van der Waals surface area (Å²) in [5, 5.41) is 3.00. The smallest absolute Gasteiger partial charge is 0.195 e. The van der Waals surface area contributed by atoms with Gasteiger partial charge in [-0.05, 0) is 18.2 Å². The minimum absolute atomic E-state index is 0.0782. The maximum atomic E-state index is 12.2. The maximum absolute atomic E-state index is 12.2. The van der Waals surface area contributed by atoms with Gasteiger partial charge in [0.05, 0.1) is 0 Å². The average Bonchev–Trinajstić information content (AvgIpc) is 2.35. The van der Waals surface area contributed by atoms with E-state index in [1.54, 1.807) is 25.3 Å². The quantitative estimate of drug-likeness (QED) is 0.505. The molecule has 88 valence electrons. The Labute approximate surface area is 110 Å². The first-order valence-electron chi connectivity index (χ1n) is 5.11. The van der Waals surface area contributed by atoms with Crippen molar-refractivity contribution in [2.24, 2.45) is 0 Å². The molecular formula is C14H14BrNO. The predicted molar refractivity (Wildman–Crippen MR) is 76.5 cm³/mol. The fourth-order valence-corrected chi connectivity index (χ4v) is 1.80. The molecule has 0 aliphatic heterocycles. The van der Waals surface area contributed by atoms with Crippen molar-refractivity contribution in [1.29, 1.82) is 0 Å². The molecule has 0 heterocycles. The van der Waals surface area contributed by atoms with Gasteiger partial charge in [-0.25, -0.2) is 0 Å². The third kappa shape index (κ3) is 3.17. The number of nitrogens with one attached hydrogen (secondary N) is 1. The molecule has 17 heavy (non-hydrogen) atoms. The highest BCUT2D eigenvalue weighted by Gasteiger charge is 2.13. The zero-order valence-electron chi connectivity index (χ0n) is 9.66. The Morgan fingerprint density at radius 3 is 2.65 bits per heavy atom. The SMILES string of the molecule is C=C/C=C(\C=C)C(=O)c1cc(Br)ccc1NC. The van der Waals surface area contributed by atoms with Crippen molar-refractivity contribution in [1.82, 2.24) is 0 Å². The van der Waals surface area contributed by atoms with Gasteiger partial charge in [0, 0.05) is 28.3 Å². The number of carbonyl (C=O) groups is 1. The summed E-state index contributed by atoms with van der Waals surface area (Å²) in [4.78, 5) is 12.2. The lowest BCUT2D eigenvalue weighted by molar-refractivity contribution is 0.103. The first-order chi connectivity index (χ1) is 8.13. The number of ketones is 1. The van der Waals surface area contributed by atoms with Crippen molar-refractivity contribution in [3.63, 3.8) is 0 Å². The number of hydrogen-bond acceptors (Lipinski definition) is 2. The van der Waals surface area contributed by atoms with Crippen LogP contribution in [0.5, 0.6) is 0 Å². The van der Waals surface area contributed by atoms with Gasteiger partial charge in [0.1, 0.15) is 0 Å². The lowest BCUT2D eigenvalue weighted by atomic mass is 10.0. The molecule has 1 N–H and O–H groups in total. The lowest BCUT2D eigenvalue weighted by Crippen LogP contribution is -2.05. The van der Waals surface area contributed by atoms with Crippen LogP contribution in [-0.4, -0.2) is 12.8 Å². The second-order valence-electron chi connectivity index (χ2n) is 3.33. The summed E-state index contributed by atoms with van der Waals surface area (Å²) >= 11 is 3.36. The number of carbonyl (C=O) groups excluding carboxylic acids is 1. The van der Waals surface area contributed by atoms with Gasteiger partial charge >= 0.3 is 0 Å². The molecule has 0 saturated heterocycles. The monoisotopic (exact) mass is 291 g/mol. The van der Waals surface area contributed by atoms with Crippen LogP contribution in [-0.2, 0) is 0 Å². The van der Waals surface area contributed by atoms with Crippen LogP contribution < -0.4 is 5.32 Å². The maximum Gasteiger partial charge on any atom is 0.195 e. The summed E-state index contributed by atoms with van der Waals surface area (Å²) in [6.45, 7) is 7.22. The van der Waals surface area contributed by atoms with Crippen LogP contribution in [0.2, 0.25) is 0 Å². The van der Waals surface area contributed by atoms with Crippen LogP contribution in [0.4, 0.5) is 5.69 Å². The highest BCUT2D eigenvalue weighted by molar-refractivity contribution is 9.10. The van der Waals surface area contributed by atoms with E-state index in [4.69, 9.17) is 0 Å². The van der Waals surface area contributed by atoms with Crippen molar-refractivity contribution < 1.29 is 4.79 Å². The molecule has 0 saturated carbocycles. The van der Waals surface area contributed by atoms with E-state index in [1.807, 2.05) is 12.1 Å². The number of rotatable bonds is 5. The van der Waals surface area contributed by atoms with E-state index in [9.17, 15) is 4.79 Å². The molecular weight excluding hydrogens is 278 g/mol. The highest BCUT2D eigenvalue weighted by atomic mass is 79.9. The zero-order chi connectivity index (χ0) is 12.8. The summed E-state index contributed by atoms with van der Waals surface area (Å²) in [5.41, 5.74) is 1.92. The molecule has 0 fully saturated rings. The van der Waals surface area contributed by atoms with Crippen LogP contribution >= 0.6 is 15.9 Å². The van der Waals surface area contributed by atoms with E-state index in [-0.39, 0.29) is 5.78 Å². The molecule has 0 spiro atoms. The molecule has 3 heteroatoms. The Hall–Kier alpha value is -1.61. The van der Waals surface area contributed by atoms with Gasteiger partial charge < -0.3 is 5.32 Å². The Kier molecular flexibility index (Phi) is 4.91. The third-order valence-corrected chi connectivity index (χ3v) is 2.77. The number of benzene rings is 1. The summed E-state index contributed by atoms with van der Waals surface area (Å²) in [6.07, 6.45) is 4.76. The lowest BCUT2D eigenvalue weighted by Gasteiger charge is -2.09. The van der Waals surface area contributed by atoms with Crippen molar-refractivity contribution >= 4 is 27.4 Å². The van der Waals surface area contributed by atoms with E-state index in [0.717, 1.165) is 10.2 Å². The van der Waals surface area contributed by atoms with E-state index in [2.05, 4.69) is 34.4 Å². The fourth-order valence-electron chi connectivity index (χ4n) is 1.44. The van der Waals surface area contributed by atoms with Crippen molar-refractivity contribution in [3.8, 4) is 0 Å². The second kappa shape index (κ2) is 6.21. The van der Waals surface area contributed by atoms with Gasteiger partial charge in [-0.15, -0.1) is 0 Å². The Bertz CT molecular complexity index is 489. The zero-order valence-corrected chi connectivity index (χ0v) is 11.3. The minimum atomic E-state index is -0.0782. The molecule has 2 nitrogen and oxygen atoms in total. The fraction of sp³-hybridized carbons (Fsp3) is 0.0714. The standard InChI is InChI=1S/C14H14BrNO/c1-4-6-10(5-2)14(17)12-9-11(15)7-8-13(12)16-3/h4-9,16H,1-2H2,3H3/b10-6+. The number of halogens is 1. The van der Waals surface area contributed by atoms with E-state index in [0.29, 0.717) is 11.1 Å². The number of hydrogen-bond donors (Lipinski definition) is 1. The Morgan fingerprint density at radius 1 is 1.41 bits per heavy atom. The first kappa shape index (κ1) is 13.5. The molecule has 1 aromatic rings. The molecule has 1 rings (SSSR count). The van der Waals surface area contributed by atoms with E-state index in [1.165, 1.54) is 6.08 Å². The predicted octanol–water partition coefficient (Wildman–Crippen LogP) is 3.97. The second-order valence-corrected chi connectivity index (χ2v) is 4.25. The van der Waals surface area contributed by atoms with Gasteiger partial charge in [-0.2, -0.15) is 0 Å². The summed E-state index contributed by atoms with van der Waals surface area (Å²) in [7, 11) is 1.78. The van der Waals surface area contributed by atoms with Gasteiger partial charge in [0.25, 0.3) is 0 Å². The van der Waals surface area contributed by atoms with Gasteiger partial charge in [-0.1, -0.05) is 47.3 Å². The van der Waals surface area contributed by atoms with Gasteiger partial charge in [-0.3, -0.25) is 4.79 Å². The Morgan fingerprint density at radius 2 is 2.12 bits per heavy atom. The van der Waals surface area contributed by atoms with Crippen LogP contribution in [0.1, 0.15) is 10.4 Å². The molecule has 0 aliphatic carbocycles. The molecule has 0 bridgehead atoms. The number of allylic oxidation sites excluding steroid dienone is 4. The minimum Gasteiger partial charge on any atom is -0.388 e. The first-order valence-corrected chi connectivity index (χ1v) is 5.90. The van der Waals surface area contributed by atoms with Gasteiger partial charge in [0.2, 0.25) is 0 Å². The van der Waals surface area contributed by atoms with Crippen molar-refractivity contribution in [2.75, 3.05) is 12.4 Å². The molecule has 0 unspecified atom stereocenters. The van der Waals surface area contributed by atoms with Gasteiger partial charge in [0.15, 0.2) is 5.78 Å². The van der Waals surface area contributed by atoms with E-state index >= 15 is 0 Å². The van der Waals surface area contributed by atoms with Crippen LogP contribution in [0.25, 0.3) is 0 Å². The molecule has 0 aromatic heterocycles. The van der Waals surface area contributed by atoms with Crippen molar-refractivity contribution in [2.45, 2.75) is 0 Å². The molecule has 0 amide bonds. The molecule has 0 aliphatic rings. The van der Waals surface area contributed by atoms with Crippen molar-refractivity contribution in [3.05, 3.63) is 65.2 Å². The Balaban J connectivity index is 3.27. The van der Waals surface area contributed by atoms with E-state index < -0.39 is 0 Å². The highest BCUT2D eigenvalue weighted by Crippen LogP contribution is 2.23. The molecule has 1 aromatic carbocycles. The summed E-state index contributed by atoms with van der Waals surface area (Å²) in [6, 6.07) is 5.52. The van der Waals surface area contributed by atoms with Crippen LogP contribution in [0, 0.1) is 0 Å². The number of Topliss-reactive ketones (excluding diaryl/α,β-unsaturated/α-hetero) is 1. The van der Waals surface area contributed by atoms with Crippen LogP contribution in [0.3, 0.4) is 0 Å². The third-order valence-electron chi connectivity index (χ3n) is 2.28. The topological polar surface area (TPSA) is 29.1 Å². The molecule has 0 atom stereocenters. The molecule has 0 radical (unpaired) electrons.